The van der Waals surface area contributed by atoms with Crippen LogP contribution in [0.15, 0.2) is 0 Å². The fraction of sp³-hybridized carbons (Fsp3) is 1.00. The molecule has 0 aromatic carbocycles. The molecule has 0 fully saturated rings. The molecule has 6 heteroatoms. The van der Waals surface area contributed by atoms with Gasteiger partial charge < -0.3 is 9.66 Å². The first-order valence-corrected chi connectivity index (χ1v) is 12.5. The van der Waals surface area contributed by atoms with Gasteiger partial charge in [-0.25, -0.2) is 8.42 Å². The molecule has 0 aliphatic rings. The number of aliphatic hydroxyl groups excluding tert-OH is 1. The quantitative estimate of drug-likeness (QED) is 0.200. The summed E-state index contributed by atoms with van der Waals surface area (Å²) in [5, 5.41) is 8.52. The molecule has 0 spiro atoms. The number of rotatable bonds is 19. The Hall–Kier alpha value is 0.870. The summed E-state index contributed by atoms with van der Waals surface area (Å²) in [5.41, 5.74) is 0. The topological polar surface area (TPSA) is 77.4 Å². The van der Waals surface area contributed by atoms with Gasteiger partial charge in [-0.15, -0.1) is 0 Å². The van der Waals surface area contributed by atoms with Gasteiger partial charge in [0.25, 0.3) is 0 Å². The van der Waals surface area contributed by atoms with E-state index in [1.54, 1.807) is 0 Å². The van der Waals surface area contributed by atoms with Gasteiger partial charge in [-0.3, -0.25) is 0 Å². The van der Waals surface area contributed by atoms with Gasteiger partial charge >= 0.3 is 29.6 Å². The van der Waals surface area contributed by atoms with E-state index in [-0.39, 0.29) is 35.7 Å². The molecule has 0 saturated heterocycles. The smallest absolute Gasteiger partial charge is 0.748 e. The Labute approximate surface area is 191 Å². The van der Waals surface area contributed by atoms with E-state index in [0.717, 1.165) is 51.4 Å². The zero-order chi connectivity index (χ0) is 19.7. The van der Waals surface area contributed by atoms with Crippen LogP contribution in [0.5, 0.6) is 0 Å². The summed E-state index contributed by atoms with van der Waals surface area (Å²) in [6.07, 6.45) is 17.5. The van der Waals surface area contributed by atoms with Crippen molar-refractivity contribution in [3.63, 3.8) is 0 Å². The Kier molecular flexibility index (Phi) is 22.4. The molecule has 0 heterocycles. The number of unbranched alkanes of at least 4 members (excludes halogenated alkanes) is 12. The van der Waals surface area contributed by atoms with Crippen molar-refractivity contribution < 1.29 is 47.6 Å². The van der Waals surface area contributed by atoms with E-state index in [1.807, 2.05) is 6.92 Å². The van der Waals surface area contributed by atoms with E-state index < -0.39 is 15.4 Å². The summed E-state index contributed by atoms with van der Waals surface area (Å²) in [6.45, 7) is 4.00. The molecule has 0 amide bonds. The molecule has 0 aromatic heterocycles. The second-order valence-electron chi connectivity index (χ2n) is 7.93. The molecular weight excluding hydrogens is 371 g/mol. The van der Waals surface area contributed by atoms with Crippen molar-refractivity contribution in [2.75, 3.05) is 0 Å². The van der Waals surface area contributed by atoms with Crippen molar-refractivity contribution in [1.82, 2.24) is 0 Å². The van der Waals surface area contributed by atoms with E-state index in [9.17, 15) is 18.1 Å². The molecule has 0 aliphatic carbocycles. The Bertz CT molecular complexity index is 399. The molecule has 27 heavy (non-hydrogen) atoms. The minimum atomic E-state index is -4.14. The van der Waals surface area contributed by atoms with Gasteiger partial charge in [0.2, 0.25) is 0 Å². The van der Waals surface area contributed by atoms with Gasteiger partial charge in [0.05, 0.1) is 16.2 Å². The average molecular weight is 415 g/mol. The summed E-state index contributed by atoms with van der Waals surface area (Å²) in [5.74, 6) is 0. The largest absolute Gasteiger partial charge is 1.00 e. The molecule has 2 unspecified atom stereocenters. The molecule has 0 radical (unpaired) electrons. The summed E-state index contributed by atoms with van der Waals surface area (Å²) in [7, 11) is -4.14. The molecular formula is C21H43NaO4S. The van der Waals surface area contributed by atoms with Crippen molar-refractivity contribution >= 4 is 10.1 Å². The van der Waals surface area contributed by atoms with Crippen LogP contribution in [0.25, 0.3) is 0 Å². The van der Waals surface area contributed by atoms with Gasteiger partial charge in [-0.05, 0) is 26.2 Å². The molecule has 0 rings (SSSR count). The van der Waals surface area contributed by atoms with Gasteiger partial charge in [0.1, 0.15) is 0 Å². The van der Waals surface area contributed by atoms with E-state index in [1.165, 1.54) is 44.9 Å². The first kappa shape index (κ1) is 30.1. The monoisotopic (exact) mass is 414 g/mol. The third kappa shape index (κ3) is 21.4. The standard InChI is InChI=1S/C21H44O4S.Na/c1-3-4-5-11-15-18-21(26(23,24)25)19-16-13-10-8-6-7-9-12-14-17-20(2)22;/h20-22H,3-19H2,1-2H3,(H,23,24,25);/q;+1/p-1. The van der Waals surface area contributed by atoms with Crippen molar-refractivity contribution in [2.45, 2.75) is 134 Å². The van der Waals surface area contributed by atoms with Crippen LogP contribution < -0.4 is 29.6 Å². The predicted octanol–water partition coefficient (Wildman–Crippen LogP) is 2.94. The molecule has 4 nitrogen and oxygen atoms in total. The molecule has 0 saturated carbocycles. The van der Waals surface area contributed by atoms with Crippen LogP contribution in [0.3, 0.4) is 0 Å². The summed E-state index contributed by atoms with van der Waals surface area (Å²) in [4.78, 5) is 0. The minimum Gasteiger partial charge on any atom is -0.748 e. The maximum absolute atomic E-state index is 11.4. The van der Waals surface area contributed by atoms with Crippen LogP contribution in [0, 0.1) is 0 Å². The first-order valence-electron chi connectivity index (χ1n) is 11.0. The van der Waals surface area contributed by atoms with Crippen LogP contribution >= 0.6 is 0 Å². The second-order valence-corrected chi connectivity index (χ2v) is 9.58. The van der Waals surface area contributed by atoms with Crippen LogP contribution in [0.4, 0.5) is 0 Å². The SMILES string of the molecule is CCCCCCCC(CCCCCCCCCCCC(C)O)S(=O)(=O)[O-].[Na+]. The van der Waals surface area contributed by atoms with Crippen LogP contribution in [-0.4, -0.2) is 29.4 Å². The maximum Gasteiger partial charge on any atom is 1.00 e. The van der Waals surface area contributed by atoms with Crippen LogP contribution in [0.1, 0.15) is 123 Å². The van der Waals surface area contributed by atoms with E-state index >= 15 is 0 Å². The number of hydrogen-bond acceptors (Lipinski definition) is 4. The Morgan fingerprint density at radius 3 is 1.37 bits per heavy atom. The Morgan fingerprint density at radius 2 is 1.04 bits per heavy atom. The molecule has 2 atom stereocenters. The Morgan fingerprint density at radius 1 is 0.704 bits per heavy atom. The van der Waals surface area contributed by atoms with E-state index in [4.69, 9.17) is 0 Å². The molecule has 158 valence electrons. The summed E-state index contributed by atoms with van der Waals surface area (Å²) >= 11 is 0. The number of aliphatic hydroxyl groups is 1. The molecule has 0 aliphatic heterocycles. The molecule has 0 bridgehead atoms. The fourth-order valence-corrected chi connectivity index (χ4v) is 4.37. The fourth-order valence-electron chi connectivity index (χ4n) is 3.46. The zero-order valence-electron chi connectivity index (χ0n) is 18.3. The van der Waals surface area contributed by atoms with Crippen molar-refractivity contribution in [3.05, 3.63) is 0 Å². The second kappa shape index (κ2) is 20.2. The van der Waals surface area contributed by atoms with Crippen molar-refractivity contribution in [3.8, 4) is 0 Å². The van der Waals surface area contributed by atoms with Crippen LogP contribution in [-0.2, 0) is 10.1 Å². The van der Waals surface area contributed by atoms with E-state index in [2.05, 4.69) is 6.92 Å². The third-order valence-corrected chi connectivity index (χ3v) is 6.47. The van der Waals surface area contributed by atoms with Crippen LogP contribution in [0.2, 0.25) is 0 Å². The zero-order valence-corrected chi connectivity index (χ0v) is 21.1. The van der Waals surface area contributed by atoms with E-state index in [0.29, 0.717) is 12.8 Å². The minimum absolute atomic E-state index is 0. The first-order chi connectivity index (χ1) is 12.4. The molecule has 0 aromatic rings. The van der Waals surface area contributed by atoms with Crippen molar-refractivity contribution in [1.29, 1.82) is 0 Å². The average Bonchev–Trinajstić information content (AvgIpc) is 2.56. The summed E-state index contributed by atoms with van der Waals surface area (Å²) in [6, 6.07) is 0. The molecule has 1 N–H and O–H groups in total. The third-order valence-electron chi connectivity index (χ3n) is 5.19. The van der Waals surface area contributed by atoms with Gasteiger partial charge in [-0.1, -0.05) is 96.8 Å². The number of hydrogen-bond donors (Lipinski definition) is 1. The Balaban J connectivity index is 0. The van der Waals surface area contributed by atoms with Crippen molar-refractivity contribution in [2.24, 2.45) is 0 Å². The predicted molar refractivity (Wildman–Crippen MR) is 109 cm³/mol. The van der Waals surface area contributed by atoms with Gasteiger partial charge in [0, 0.05) is 5.25 Å². The van der Waals surface area contributed by atoms with Gasteiger partial charge in [-0.2, -0.15) is 0 Å². The van der Waals surface area contributed by atoms with Gasteiger partial charge in [0.15, 0.2) is 0 Å². The normalized spacial score (nSPS) is 13.9. The summed E-state index contributed by atoms with van der Waals surface area (Å²) < 4.78 is 34.2. The maximum atomic E-state index is 11.4.